The molecule has 0 aliphatic carbocycles. The molecule has 6 nitrogen and oxygen atoms in total. The van der Waals surface area contributed by atoms with Crippen LogP contribution in [0.2, 0.25) is 0 Å². The van der Waals surface area contributed by atoms with E-state index in [0.29, 0.717) is 13.1 Å². The monoisotopic (exact) mass is 428 g/mol. The van der Waals surface area contributed by atoms with Gasteiger partial charge in [0.2, 0.25) is 0 Å². The number of rotatable bonds is 7. The maximum Gasteiger partial charge on any atom is 0.278 e. The minimum absolute atomic E-state index is 0.153. The standard InChI is InChI=1S/C23H30N4O2S/c28-21(17-24-23(20-9-6-16-30-20)19-7-2-1-3-8-19)27-14-12-25(13-15-27)18-22(29)26-10-4-5-11-26/h1-3,6-9,16,23-24H,4-5,10-15,17-18H2/p+2/t23-/m0/s1. The van der Waals surface area contributed by atoms with Crippen molar-refractivity contribution in [1.82, 2.24) is 9.80 Å². The van der Waals surface area contributed by atoms with E-state index >= 15 is 0 Å². The van der Waals surface area contributed by atoms with Crippen LogP contribution in [-0.4, -0.2) is 74.0 Å². The van der Waals surface area contributed by atoms with Gasteiger partial charge in [0.1, 0.15) is 6.04 Å². The van der Waals surface area contributed by atoms with Crippen LogP contribution in [0, 0.1) is 0 Å². The molecule has 2 saturated heterocycles. The highest BCUT2D eigenvalue weighted by molar-refractivity contribution is 7.10. The quantitative estimate of drug-likeness (QED) is 0.639. The first-order valence-corrected chi connectivity index (χ1v) is 11.9. The van der Waals surface area contributed by atoms with Gasteiger partial charge in [0.15, 0.2) is 13.1 Å². The lowest BCUT2D eigenvalue weighted by molar-refractivity contribution is -0.896. The maximum atomic E-state index is 12.9. The lowest BCUT2D eigenvalue weighted by atomic mass is 10.1. The number of hydrogen-bond donors (Lipinski definition) is 2. The summed E-state index contributed by atoms with van der Waals surface area (Å²) in [5.74, 6) is 0.467. The van der Waals surface area contributed by atoms with E-state index in [9.17, 15) is 9.59 Å². The molecule has 3 N–H and O–H groups in total. The number of thiophene rings is 1. The molecule has 0 saturated carbocycles. The van der Waals surface area contributed by atoms with Crippen molar-refractivity contribution >= 4 is 23.2 Å². The largest absolute Gasteiger partial charge is 0.338 e. The van der Waals surface area contributed by atoms with Gasteiger partial charge in [-0.05, 0) is 24.3 Å². The van der Waals surface area contributed by atoms with Gasteiger partial charge in [0, 0.05) is 18.7 Å². The van der Waals surface area contributed by atoms with Crippen LogP contribution in [-0.2, 0) is 9.59 Å². The van der Waals surface area contributed by atoms with Gasteiger partial charge < -0.3 is 20.0 Å². The minimum atomic E-state index is 0.153. The molecule has 0 bridgehead atoms. The third-order valence-corrected chi connectivity index (χ3v) is 7.18. The Labute approximate surface area is 182 Å². The van der Waals surface area contributed by atoms with Crippen molar-refractivity contribution in [2.24, 2.45) is 0 Å². The predicted molar refractivity (Wildman–Crippen MR) is 117 cm³/mol. The fourth-order valence-corrected chi connectivity index (χ4v) is 5.28. The van der Waals surface area contributed by atoms with Crippen LogP contribution in [0.15, 0.2) is 47.8 Å². The van der Waals surface area contributed by atoms with Crippen molar-refractivity contribution < 1.29 is 19.8 Å². The van der Waals surface area contributed by atoms with Gasteiger partial charge in [-0.2, -0.15) is 0 Å². The average molecular weight is 429 g/mol. The van der Waals surface area contributed by atoms with Gasteiger partial charge in [0.25, 0.3) is 11.8 Å². The number of nitrogens with one attached hydrogen (secondary N) is 1. The molecule has 160 valence electrons. The zero-order valence-electron chi connectivity index (χ0n) is 17.5. The molecular formula is C23H32N4O2S+2. The second-order valence-corrected chi connectivity index (χ2v) is 9.22. The first kappa shape index (κ1) is 21.0. The summed E-state index contributed by atoms with van der Waals surface area (Å²) in [7, 11) is 0. The second kappa shape index (κ2) is 10.2. The second-order valence-electron chi connectivity index (χ2n) is 8.24. The van der Waals surface area contributed by atoms with E-state index < -0.39 is 0 Å². The first-order chi connectivity index (χ1) is 14.7. The fourth-order valence-electron chi connectivity index (χ4n) is 4.43. The highest BCUT2D eigenvalue weighted by Crippen LogP contribution is 2.22. The molecule has 0 unspecified atom stereocenters. The number of hydrogen-bond acceptors (Lipinski definition) is 3. The van der Waals surface area contributed by atoms with Crippen LogP contribution in [0.1, 0.15) is 29.3 Å². The summed E-state index contributed by atoms with van der Waals surface area (Å²) in [6.07, 6.45) is 2.27. The molecule has 1 aromatic heterocycles. The number of nitrogens with zero attached hydrogens (tertiary/aromatic N) is 2. The van der Waals surface area contributed by atoms with Crippen molar-refractivity contribution in [2.45, 2.75) is 18.9 Å². The number of quaternary nitrogens is 2. The third kappa shape index (κ3) is 5.28. The highest BCUT2D eigenvalue weighted by atomic mass is 32.1. The van der Waals surface area contributed by atoms with Crippen LogP contribution < -0.4 is 10.2 Å². The van der Waals surface area contributed by atoms with E-state index in [0.717, 1.165) is 52.1 Å². The van der Waals surface area contributed by atoms with Crippen LogP contribution in [0.3, 0.4) is 0 Å². The predicted octanol–water partition coefficient (Wildman–Crippen LogP) is -0.250. The molecule has 2 fully saturated rings. The normalized spacial score (nSPS) is 18.5. The summed E-state index contributed by atoms with van der Waals surface area (Å²) in [6.45, 7) is 6.05. The van der Waals surface area contributed by atoms with Gasteiger partial charge in [-0.3, -0.25) is 9.59 Å². The number of benzene rings is 1. The Balaban J connectivity index is 1.26. The molecule has 2 aliphatic rings. The Kier molecular flexibility index (Phi) is 7.15. The fraction of sp³-hybridized carbons (Fsp3) is 0.478. The summed E-state index contributed by atoms with van der Waals surface area (Å²) in [5.41, 5.74) is 1.22. The maximum absolute atomic E-state index is 12.9. The molecule has 2 amide bonds. The van der Waals surface area contributed by atoms with Crippen molar-refractivity contribution in [3.63, 3.8) is 0 Å². The Bertz CT molecular complexity index is 813. The Morgan fingerprint density at radius 1 is 0.933 bits per heavy atom. The third-order valence-electron chi connectivity index (χ3n) is 6.22. The molecule has 2 aromatic rings. The van der Waals surface area contributed by atoms with Gasteiger partial charge in [-0.25, -0.2) is 0 Å². The number of amides is 2. The number of carbonyl (C=O) groups excluding carboxylic acids is 2. The molecule has 0 radical (unpaired) electrons. The summed E-state index contributed by atoms with van der Waals surface area (Å²) in [6, 6.07) is 14.8. The average Bonchev–Trinajstić information content (AvgIpc) is 3.50. The molecule has 1 atom stereocenters. The van der Waals surface area contributed by atoms with Crippen LogP contribution in [0.5, 0.6) is 0 Å². The van der Waals surface area contributed by atoms with Crippen molar-refractivity contribution in [3.8, 4) is 0 Å². The molecule has 3 heterocycles. The topological polar surface area (TPSA) is 61.7 Å². The highest BCUT2D eigenvalue weighted by Gasteiger charge is 2.29. The molecule has 0 spiro atoms. The van der Waals surface area contributed by atoms with Crippen molar-refractivity contribution in [1.29, 1.82) is 0 Å². The van der Waals surface area contributed by atoms with Gasteiger partial charge in [-0.15, -0.1) is 11.3 Å². The summed E-state index contributed by atoms with van der Waals surface area (Å²) < 4.78 is 0. The van der Waals surface area contributed by atoms with Crippen LogP contribution >= 0.6 is 11.3 Å². The van der Waals surface area contributed by atoms with Crippen LogP contribution in [0.25, 0.3) is 0 Å². The smallest absolute Gasteiger partial charge is 0.278 e. The first-order valence-electron chi connectivity index (χ1n) is 11.0. The zero-order chi connectivity index (χ0) is 20.8. The summed E-state index contributed by atoms with van der Waals surface area (Å²) >= 11 is 1.73. The SMILES string of the molecule is O=C(C[NH2+][C@@H](c1ccccc1)c1cccs1)N1CC[NH+](CC(=O)N2CCCC2)CC1. The number of carbonyl (C=O) groups is 2. The molecule has 7 heteroatoms. The van der Waals surface area contributed by atoms with E-state index in [-0.39, 0.29) is 17.9 Å². The van der Waals surface area contributed by atoms with Crippen molar-refractivity contribution in [3.05, 3.63) is 58.3 Å². The molecule has 2 aliphatic heterocycles. The number of likely N-dealkylation sites (tertiary alicyclic amines) is 1. The molecule has 30 heavy (non-hydrogen) atoms. The van der Waals surface area contributed by atoms with Gasteiger partial charge in [-0.1, -0.05) is 36.4 Å². The van der Waals surface area contributed by atoms with E-state index in [4.69, 9.17) is 0 Å². The Morgan fingerprint density at radius 3 is 2.30 bits per heavy atom. The van der Waals surface area contributed by atoms with E-state index in [1.165, 1.54) is 15.3 Å². The molecule has 4 rings (SSSR count). The van der Waals surface area contributed by atoms with Crippen molar-refractivity contribution in [2.75, 3.05) is 52.4 Å². The van der Waals surface area contributed by atoms with E-state index in [2.05, 4.69) is 47.1 Å². The van der Waals surface area contributed by atoms with Crippen LogP contribution in [0.4, 0.5) is 0 Å². The molecule has 1 aromatic carbocycles. The number of nitrogens with two attached hydrogens (primary N) is 1. The van der Waals surface area contributed by atoms with E-state index in [1.807, 2.05) is 15.9 Å². The minimum Gasteiger partial charge on any atom is -0.338 e. The lowest BCUT2D eigenvalue weighted by Crippen LogP contribution is -3.16. The molecular weight excluding hydrogens is 396 g/mol. The summed E-state index contributed by atoms with van der Waals surface area (Å²) in [4.78, 5) is 31.8. The lowest BCUT2D eigenvalue weighted by Gasteiger charge is -2.32. The summed E-state index contributed by atoms with van der Waals surface area (Å²) in [5, 5.41) is 4.24. The zero-order valence-corrected chi connectivity index (χ0v) is 18.3. The van der Waals surface area contributed by atoms with Gasteiger partial charge >= 0.3 is 0 Å². The van der Waals surface area contributed by atoms with E-state index in [1.54, 1.807) is 11.3 Å². The Hall–Kier alpha value is -2.22. The Morgan fingerprint density at radius 2 is 1.63 bits per heavy atom. The van der Waals surface area contributed by atoms with Gasteiger partial charge in [0.05, 0.1) is 31.1 Å². The number of piperazine rings is 1.